The van der Waals surface area contributed by atoms with Crippen molar-refractivity contribution < 1.29 is 19.1 Å². The van der Waals surface area contributed by atoms with E-state index in [1.807, 2.05) is 32.0 Å². The van der Waals surface area contributed by atoms with Gasteiger partial charge in [0.05, 0.1) is 5.57 Å². The van der Waals surface area contributed by atoms with Crippen LogP contribution in [0, 0.1) is 20.8 Å². The lowest BCUT2D eigenvalue weighted by Crippen LogP contribution is -2.30. The quantitative estimate of drug-likeness (QED) is 0.310. The molecular formula is C24H20BrNO4. The first-order chi connectivity index (χ1) is 14.3. The molecule has 1 aromatic heterocycles. The van der Waals surface area contributed by atoms with Crippen molar-refractivity contribution in [3.63, 3.8) is 0 Å². The van der Waals surface area contributed by atoms with Crippen LogP contribution in [-0.2, 0) is 9.59 Å². The highest BCUT2D eigenvalue weighted by Gasteiger charge is 2.48. The van der Waals surface area contributed by atoms with Gasteiger partial charge in [0, 0.05) is 15.7 Å². The smallest absolute Gasteiger partial charge is 0.300 e. The number of aliphatic hydroxyl groups is 1. The van der Waals surface area contributed by atoms with Gasteiger partial charge < -0.3 is 9.52 Å². The van der Waals surface area contributed by atoms with Gasteiger partial charge in [0.25, 0.3) is 11.7 Å². The molecule has 2 heterocycles. The predicted octanol–water partition coefficient (Wildman–Crippen LogP) is 5.59. The molecule has 1 aliphatic rings. The molecule has 1 atom stereocenters. The SMILES string of the molecule is Cc1ccc(C)c(N2C(=O)C(=O)/C(=C(\O)c3ccc(Br)cc3)C2c2ccc(C)o2)c1. The van der Waals surface area contributed by atoms with Crippen LogP contribution >= 0.6 is 15.9 Å². The number of carbonyl (C=O) groups excluding carboxylic acids is 2. The van der Waals surface area contributed by atoms with Crippen LogP contribution in [-0.4, -0.2) is 16.8 Å². The molecule has 1 saturated heterocycles. The van der Waals surface area contributed by atoms with Gasteiger partial charge in [0.2, 0.25) is 0 Å². The van der Waals surface area contributed by atoms with E-state index in [1.54, 1.807) is 43.3 Å². The van der Waals surface area contributed by atoms with E-state index in [4.69, 9.17) is 4.42 Å². The molecule has 1 amide bonds. The van der Waals surface area contributed by atoms with Gasteiger partial charge in [-0.15, -0.1) is 0 Å². The zero-order valence-electron chi connectivity index (χ0n) is 16.8. The number of hydrogen-bond acceptors (Lipinski definition) is 4. The zero-order chi connectivity index (χ0) is 21.6. The number of hydrogen-bond donors (Lipinski definition) is 1. The van der Waals surface area contributed by atoms with Crippen molar-refractivity contribution in [3.8, 4) is 0 Å². The Kier molecular flexibility index (Phi) is 5.12. The fourth-order valence-electron chi connectivity index (χ4n) is 3.69. The number of carbonyl (C=O) groups is 2. The third kappa shape index (κ3) is 3.37. The number of halogens is 1. The minimum Gasteiger partial charge on any atom is -0.507 e. The van der Waals surface area contributed by atoms with Gasteiger partial charge in [-0.05, 0) is 62.2 Å². The number of nitrogens with zero attached hydrogens (tertiary/aromatic N) is 1. The number of Topliss-reactive ketones (excluding diaryl/α,β-unsaturated/α-hetero) is 1. The molecule has 30 heavy (non-hydrogen) atoms. The molecule has 0 spiro atoms. The fraction of sp³-hybridized carbons (Fsp3) is 0.167. The Labute approximate surface area is 182 Å². The lowest BCUT2D eigenvalue weighted by Gasteiger charge is -2.25. The summed E-state index contributed by atoms with van der Waals surface area (Å²) in [6.07, 6.45) is 0. The fourth-order valence-corrected chi connectivity index (χ4v) is 3.96. The molecule has 2 aromatic carbocycles. The maximum atomic E-state index is 13.1. The Morgan fingerprint density at radius 1 is 1.00 bits per heavy atom. The molecule has 0 saturated carbocycles. The molecule has 0 aliphatic carbocycles. The first-order valence-electron chi connectivity index (χ1n) is 9.48. The number of benzene rings is 2. The highest BCUT2D eigenvalue weighted by Crippen LogP contribution is 2.43. The van der Waals surface area contributed by atoms with Crippen molar-refractivity contribution in [2.24, 2.45) is 0 Å². The Hall–Kier alpha value is -3.12. The first-order valence-corrected chi connectivity index (χ1v) is 10.3. The van der Waals surface area contributed by atoms with Gasteiger partial charge in [-0.25, -0.2) is 0 Å². The summed E-state index contributed by atoms with van der Waals surface area (Å²) in [5.41, 5.74) is 2.88. The second-order valence-corrected chi connectivity index (χ2v) is 8.33. The van der Waals surface area contributed by atoms with E-state index in [0.29, 0.717) is 22.8 Å². The minimum absolute atomic E-state index is 0.0116. The number of anilines is 1. The Bertz CT molecular complexity index is 1190. The summed E-state index contributed by atoms with van der Waals surface area (Å²) in [6.45, 7) is 5.60. The van der Waals surface area contributed by atoms with Crippen LogP contribution < -0.4 is 4.90 Å². The number of ketones is 1. The standard InChI is InChI=1S/C24H20BrNO4/c1-13-4-5-14(2)18(12-13)26-21(19-11-6-15(3)30-19)20(23(28)24(26)29)22(27)16-7-9-17(25)10-8-16/h4-12,21,27H,1-3H3/b22-20-. The van der Waals surface area contributed by atoms with Gasteiger partial charge in [-0.2, -0.15) is 0 Å². The van der Waals surface area contributed by atoms with E-state index >= 15 is 0 Å². The monoisotopic (exact) mass is 465 g/mol. The van der Waals surface area contributed by atoms with E-state index < -0.39 is 17.7 Å². The van der Waals surface area contributed by atoms with Crippen LogP contribution in [0.3, 0.4) is 0 Å². The highest BCUT2D eigenvalue weighted by molar-refractivity contribution is 9.10. The molecule has 6 heteroatoms. The average molecular weight is 466 g/mol. The first kappa shape index (κ1) is 20.2. The van der Waals surface area contributed by atoms with Crippen molar-refractivity contribution in [2.45, 2.75) is 26.8 Å². The second kappa shape index (κ2) is 7.61. The molecule has 152 valence electrons. The molecule has 0 radical (unpaired) electrons. The van der Waals surface area contributed by atoms with Crippen LogP contribution in [0.4, 0.5) is 5.69 Å². The Morgan fingerprint density at radius 2 is 1.70 bits per heavy atom. The maximum absolute atomic E-state index is 13.1. The summed E-state index contributed by atoms with van der Waals surface area (Å²) >= 11 is 3.36. The van der Waals surface area contributed by atoms with Crippen LogP contribution in [0.25, 0.3) is 5.76 Å². The largest absolute Gasteiger partial charge is 0.507 e. The molecule has 5 nitrogen and oxygen atoms in total. The molecule has 4 rings (SSSR count). The molecule has 0 bridgehead atoms. The van der Waals surface area contributed by atoms with Crippen molar-refractivity contribution in [1.29, 1.82) is 0 Å². The number of rotatable bonds is 3. The molecule has 3 aromatic rings. The van der Waals surface area contributed by atoms with Gasteiger partial charge in [0.15, 0.2) is 0 Å². The summed E-state index contributed by atoms with van der Waals surface area (Å²) in [7, 11) is 0. The van der Waals surface area contributed by atoms with Crippen molar-refractivity contribution in [2.75, 3.05) is 4.90 Å². The number of aliphatic hydroxyl groups excluding tert-OH is 1. The molecule has 1 fully saturated rings. The summed E-state index contributed by atoms with van der Waals surface area (Å²) in [6, 6.07) is 15.3. The van der Waals surface area contributed by atoms with Crippen molar-refractivity contribution in [1.82, 2.24) is 0 Å². The lowest BCUT2D eigenvalue weighted by molar-refractivity contribution is -0.132. The van der Waals surface area contributed by atoms with E-state index in [2.05, 4.69) is 15.9 Å². The minimum atomic E-state index is -0.858. The summed E-state index contributed by atoms with van der Waals surface area (Å²) < 4.78 is 6.66. The second-order valence-electron chi connectivity index (χ2n) is 7.41. The molecule has 1 N–H and O–H groups in total. The highest BCUT2D eigenvalue weighted by atomic mass is 79.9. The van der Waals surface area contributed by atoms with Gasteiger partial charge in [-0.3, -0.25) is 14.5 Å². The van der Waals surface area contributed by atoms with E-state index in [9.17, 15) is 14.7 Å². The number of amides is 1. The average Bonchev–Trinajstić information content (AvgIpc) is 3.25. The van der Waals surface area contributed by atoms with Crippen LogP contribution in [0.1, 0.15) is 34.3 Å². The van der Waals surface area contributed by atoms with Gasteiger partial charge in [0.1, 0.15) is 23.3 Å². The predicted molar refractivity (Wildman–Crippen MR) is 118 cm³/mol. The molecule has 1 aliphatic heterocycles. The third-order valence-corrected chi connectivity index (χ3v) is 5.75. The number of aryl methyl sites for hydroxylation is 3. The van der Waals surface area contributed by atoms with Crippen LogP contribution in [0.2, 0.25) is 0 Å². The summed E-state index contributed by atoms with van der Waals surface area (Å²) in [5.74, 6) is -0.587. The van der Waals surface area contributed by atoms with Gasteiger partial charge in [-0.1, -0.05) is 40.2 Å². The van der Waals surface area contributed by atoms with E-state index in [-0.39, 0.29) is 11.3 Å². The lowest BCUT2D eigenvalue weighted by atomic mass is 9.99. The Morgan fingerprint density at radius 3 is 2.33 bits per heavy atom. The maximum Gasteiger partial charge on any atom is 0.300 e. The van der Waals surface area contributed by atoms with Crippen LogP contribution in [0.15, 0.2) is 69.1 Å². The van der Waals surface area contributed by atoms with Crippen LogP contribution in [0.5, 0.6) is 0 Å². The topological polar surface area (TPSA) is 70.8 Å². The summed E-state index contributed by atoms with van der Waals surface area (Å²) in [4.78, 5) is 27.7. The van der Waals surface area contributed by atoms with E-state index in [0.717, 1.165) is 15.6 Å². The number of furan rings is 1. The summed E-state index contributed by atoms with van der Waals surface area (Å²) in [5, 5.41) is 11.0. The zero-order valence-corrected chi connectivity index (χ0v) is 18.4. The van der Waals surface area contributed by atoms with Gasteiger partial charge >= 0.3 is 0 Å². The molecular weight excluding hydrogens is 446 g/mol. The normalized spacial score (nSPS) is 18.3. The molecule has 1 unspecified atom stereocenters. The van der Waals surface area contributed by atoms with Crippen molar-refractivity contribution in [3.05, 3.63) is 92.9 Å². The van der Waals surface area contributed by atoms with Crippen molar-refractivity contribution >= 4 is 39.1 Å². The Balaban J connectivity index is 1.97. The van der Waals surface area contributed by atoms with E-state index in [1.165, 1.54) is 4.90 Å². The third-order valence-electron chi connectivity index (χ3n) is 5.22.